The lowest BCUT2D eigenvalue weighted by Crippen LogP contribution is -2.14. The molecule has 0 aliphatic heterocycles. The monoisotopic (exact) mass is 284 g/mol. The van der Waals surface area contributed by atoms with Crippen LogP contribution < -0.4 is 10.6 Å². The van der Waals surface area contributed by atoms with E-state index < -0.39 is 0 Å². The molecular formula is C11H17BrN4. The Morgan fingerprint density at radius 3 is 2.94 bits per heavy atom. The molecule has 4 nitrogen and oxygen atoms in total. The van der Waals surface area contributed by atoms with Crippen molar-refractivity contribution in [1.29, 1.82) is 0 Å². The Morgan fingerprint density at radius 1 is 1.56 bits per heavy atom. The lowest BCUT2D eigenvalue weighted by atomic mass is 10.1. The molecule has 16 heavy (non-hydrogen) atoms. The zero-order valence-corrected chi connectivity index (χ0v) is 11.2. The van der Waals surface area contributed by atoms with Gasteiger partial charge in [0, 0.05) is 19.8 Å². The number of rotatable bonds is 5. The van der Waals surface area contributed by atoms with Crippen LogP contribution in [-0.2, 0) is 0 Å². The maximum Gasteiger partial charge on any atom is 0.224 e. The first kappa shape index (κ1) is 11.6. The van der Waals surface area contributed by atoms with E-state index in [1.807, 2.05) is 7.05 Å². The van der Waals surface area contributed by atoms with Crippen molar-refractivity contribution in [3.63, 3.8) is 0 Å². The Hall–Kier alpha value is -0.840. The van der Waals surface area contributed by atoms with E-state index in [4.69, 9.17) is 0 Å². The molecule has 1 unspecified atom stereocenters. The second kappa shape index (κ2) is 4.99. The Morgan fingerprint density at radius 2 is 2.31 bits per heavy atom. The van der Waals surface area contributed by atoms with Crippen LogP contribution in [0.5, 0.6) is 0 Å². The standard InChI is InChI=1S/C11H17BrN4/c1-7(8-3-4-8)5-14-10-9(12)6-15-11(13-2)16-10/h6-8H,3-5H2,1-2H3,(H2,13,14,15,16). The normalized spacial score (nSPS) is 16.9. The van der Waals surface area contributed by atoms with E-state index in [2.05, 4.69) is 43.5 Å². The highest BCUT2D eigenvalue weighted by Crippen LogP contribution is 2.36. The van der Waals surface area contributed by atoms with Crippen LogP contribution in [0.4, 0.5) is 11.8 Å². The lowest BCUT2D eigenvalue weighted by Gasteiger charge is -2.13. The van der Waals surface area contributed by atoms with Gasteiger partial charge in [0.1, 0.15) is 5.82 Å². The van der Waals surface area contributed by atoms with Crippen LogP contribution in [0.2, 0.25) is 0 Å². The molecular weight excluding hydrogens is 268 g/mol. The molecule has 0 aromatic carbocycles. The third kappa shape index (κ3) is 2.84. The van der Waals surface area contributed by atoms with Crippen molar-refractivity contribution < 1.29 is 0 Å². The molecule has 1 heterocycles. The Kier molecular flexibility index (Phi) is 3.63. The molecule has 1 aliphatic carbocycles. The van der Waals surface area contributed by atoms with Gasteiger partial charge in [-0.3, -0.25) is 0 Å². The molecule has 88 valence electrons. The molecule has 1 aromatic rings. The molecule has 0 radical (unpaired) electrons. The zero-order chi connectivity index (χ0) is 11.5. The van der Waals surface area contributed by atoms with E-state index in [-0.39, 0.29) is 0 Å². The number of nitrogens with one attached hydrogen (secondary N) is 2. The molecule has 1 aliphatic rings. The first-order chi connectivity index (χ1) is 7.70. The third-order valence-corrected chi connectivity index (χ3v) is 3.57. The van der Waals surface area contributed by atoms with E-state index in [0.29, 0.717) is 5.95 Å². The van der Waals surface area contributed by atoms with Gasteiger partial charge < -0.3 is 10.6 Å². The fourth-order valence-corrected chi connectivity index (χ4v) is 2.03. The fraction of sp³-hybridized carbons (Fsp3) is 0.636. The van der Waals surface area contributed by atoms with Gasteiger partial charge in [0.25, 0.3) is 0 Å². The van der Waals surface area contributed by atoms with Gasteiger partial charge in [0.05, 0.1) is 4.47 Å². The van der Waals surface area contributed by atoms with Crippen molar-refractivity contribution in [3.05, 3.63) is 10.7 Å². The zero-order valence-electron chi connectivity index (χ0n) is 9.63. The third-order valence-electron chi connectivity index (χ3n) is 2.99. The molecule has 5 heteroatoms. The first-order valence-electron chi connectivity index (χ1n) is 5.65. The number of anilines is 2. The van der Waals surface area contributed by atoms with Gasteiger partial charge in [-0.1, -0.05) is 6.92 Å². The highest BCUT2D eigenvalue weighted by Gasteiger charge is 2.27. The first-order valence-corrected chi connectivity index (χ1v) is 6.44. The van der Waals surface area contributed by atoms with Crippen LogP contribution in [0, 0.1) is 11.8 Å². The smallest absolute Gasteiger partial charge is 0.224 e. The van der Waals surface area contributed by atoms with E-state index >= 15 is 0 Å². The highest BCUT2D eigenvalue weighted by atomic mass is 79.9. The number of hydrogen-bond acceptors (Lipinski definition) is 4. The second-order valence-electron chi connectivity index (χ2n) is 4.34. The topological polar surface area (TPSA) is 49.8 Å². The Balaban J connectivity index is 1.96. The highest BCUT2D eigenvalue weighted by molar-refractivity contribution is 9.10. The van der Waals surface area contributed by atoms with Crippen LogP contribution in [0.15, 0.2) is 10.7 Å². The van der Waals surface area contributed by atoms with Crippen LogP contribution in [-0.4, -0.2) is 23.6 Å². The quantitative estimate of drug-likeness (QED) is 0.873. The maximum atomic E-state index is 4.36. The predicted octanol–water partition coefficient (Wildman–Crippen LogP) is 2.74. The summed E-state index contributed by atoms with van der Waals surface area (Å²) in [7, 11) is 1.82. The van der Waals surface area contributed by atoms with Crippen molar-refractivity contribution in [2.24, 2.45) is 11.8 Å². The van der Waals surface area contributed by atoms with Crippen molar-refractivity contribution in [3.8, 4) is 0 Å². The van der Waals surface area contributed by atoms with E-state index in [1.54, 1.807) is 6.20 Å². The number of hydrogen-bond donors (Lipinski definition) is 2. The molecule has 1 saturated carbocycles. The largest absolute Gasteiger partial charge is 0.369 e. The molecule has 2 rings (SSSR count). The number of halogens is 1. The van der Waals surface area contributed by atoms with Crippen molar-refractivity contribution >= 4 is 27.7 Å². The summed E-state index contributed by atoms with van der Waals surface area (Å²) in [6.07, 6.45) is 4.54. The summed E-state index contributed by atoms with van der Waals surface area (Å²) in [5.41, 5.74) is 0. The van der Waals surface area contributed by atoms with Gasteiger partial charge in [-0.05, 0) is 40.6 Å². The summed E-state index contributed by atoms with van der Waals surface area (Å²) in [5.74, 6) is 3.15. The van der Waals surface area contributed by atoms with Gasteiger partial charge in [-0.25, -0.2) is 4.98 Å². The van der Waals surface area contributed by atoms with Crippen LogP contribution >= 0.6 is 15.9 Å². The van der Waals surface area contributed by atoms with Gasteiger partial charge in [-0.15, -0.1) is 0 Å². The Bertz CT molecular complexity index is 365. The van der Waals surface area contributed by atoms with Crippen LogP contribution in [0.3, 0.4) is 0 Å². The van der Waals surface area contributed by atoms with Crippen LogP contribution in [0.1, 0.15) is 19.8 Å². The summed E-state index contributed by atoms with van der Waals surface area (Å²) in [4.78, 5) is 8.49. The summed E-state index contributed by atoms with van der Waals surface area (Å²) in [6, 6.07) is 0. The van der Waals surface area contributed by atoms with Gasteiger partial charge >= 0.3 is 0 Å². The number of aromatic nitrogens is 2. The summed E-state index contributed by atoms with van der Waals surface area (Å²) < 4.78 is 0.912. The average Bonchev–Trinajstić information content (AvgIpc) is 3.11. The fourth-order valence-electron chi connectivity index (χ4n) is 1.70. The van der Waals surface area contributed by atoms with Gasteiger partial charge in [-0.2, -0.15) is 4.98 Å². The molecule has 1 fully saturated rings. The lowest BCUT2D eigenvalue weighted by molar-refractivity contribution is 0.536. The summed E-state index contributed by atoms with van der Waals surface area (Å²) in [6.45, 7) is 3.27. The van der Waals surface area contributed by atoms with Crippen molar-refractivity contribution in [2.75, 3.05) is 24.2 Å². The minimum Gasteiger partial charge on any atom is -0.369 e. The Labute approximate surface area is 104 Å². The van der Waals surface area contributed by atoms with E-state index in [1.165, 1.54) is 12.8 Å². The van der Waals surface area contributed by atoms with E-state index in [9.17, 15) is 0 Å². The molecule has 1 aromatic heterocycles. The van der Waals surface area contributed by atoms with Gasteiger partial charge in [0.2, 0.25) is 5.95 Å². The van der Waals surface area contributed by atoms with E-state index in [0.717, 1.165) is 28.7 Å². The minimum absolute atomic E-state index is 0.643. The predicted molar refractivity (Wildman–Crippen MR) is 69.7 cm³/mol. The second-order valence-corrected chi connectivity index (χ2v) is 5.19. The maximum absolute atomic E-state index is 4.36. The van der Waals surface area contributed by atoms with Gasteiger partial charge in [0.15, 0.2) is 0 Å². The molecule has 1 atom stereocenters. The number of nitrogens with zero attached hydrogens (tertiary/aromatic N) is 2. The van der Waals surface area contributed by atoms with Crippen molar-refractivity contribution in [1.82, 2.24) is 9.97 Å². The van der Waals surface area contributed by atoms with Crippen LogP contribution in [0.25, 0.3) is 0 Å². The minimum atomic E-state index is 0.643. The summed E-state index contributed by atoms with van der Waals surface area (Å²) in [5, 5.41) is 6.31. The SMILES string of the molecule is CNc1ncc(Br)c(NCC(C)C2CC2)n1. The molecule has 0 amide bonds. The molecule has 0 saturated heterocycles. The average molecular weight is 285 g/mol. The summed E-state index contributed by atoms with van der Waals surface area (Å²) >= 11 is 3.45. The molecule has 0 bridgehead atoms. The molecule has 0 spiro atoms. The molecule has 2 N–H and O–H groups in total. The van der Waals surface area contributed by atoms with Crippen molar-refractivity contribution in [2.45, 2.75) is 19.8 Å².